The first-order chi connectivity index (χ1) is 8.90. The van der Waals surface area contributed by atoms with Gasteiger partial charge in [0.25, 0.3) is 0 Å². The molecule has 0 spiro atoms. The first-order valence-electron chi connectivity index (χ1n) is 6.81. The van der Waals surface area contributed by atoms with Gasteiger partial charge in [0.05, 0.1) is 11.9 Å². The fourth-order valence-electron chi connectivity index (χ4n) is 1.46. The lowest BCUT2D eigenvalue weighted by Crippen LogP contribution is -2.35. The molecule has 1 rings (SSSR count). The van der Waals surface area contributed by atoms with E-state index in [0.29, 0.717) is 6.54 Å². The molecule has 108 valence electrons. The molecular formula is C13H25N5O. The zero-order valence-corrected chi connectivity index (χ0v) is 12.4. The normalized spacial score (nSPS) is 11.6. The summed E-state index contributed by atoms with van der Waals surface area (Å²) in [5, 5.41) is 14.2. The third-order valence-corrected chi connectivity index (χ3v) is 2.54. The average molecular weight is 267 g/mol. The Morgan fingerprint density at radius 1 is 1.42 bits per heavy atom. The van der Waals surface area contributed by atoms with Crippen LogP contribution < -0.4 is 10.6 Å². The van der Waals surface area contributed by atoms with Crippen molar-refractivity contribution in [2.24, 2.45) is 0 Å². The molecule has 0 saturated carbocycles. The molecular weight excluding hydrogens is 242 g/mol. The van der Waals surface area contributed by atoms with Crippen molar-refractivity contribution in [3.05, 3.63) is 11.9 Å². The number of amides is 1. The van der Waals surface area contributed by atoms with Gasteiger partial charge in [-0.25, -0.2) is 4.68 Å². The molecule has 1 amide bonds. The van der Waals surface area contributed by atoms with Crippen molar-refractivity contribution in [2.45, 2.75) is 59.2 Å². The zero-order valence-electron chi connectivity index (χ0n) is 12.4. The van der Waals surface area contributed by atoms with E-state index in [-0.39, 0.29) is 18.0 Å². The Kier molecular flexibility index (Phi) is 5.95. The molecule has 0 aliphatic carbocycles. The van der Waals surface area contributed by atoms with Gasteiger partial charge in [0, 0.05) is 18.6 Å². The molecule has 0 aromatic carbocycles. The van der Waals surface area contributed by atoms with Crippen molar-refractivity contribution in [3.8, 4) is 0 Å². The average Bonchev–Trinajstić information content (AvgIpc) is 2.73. The smallest absolute Gasteiger partial charge is 0.241 e. The summed E-state index contributed by atoms with van der Waals surface area (Å²) in [5.41, 5.74) is 0.887. The van der Waals surface area contributed by atoms with Crippen LogP contribution in [0.15, 0.2) is 6.20 Å². The number of carbonyl (C=O) groups is 1. The molecule has 1 aromatic heterocycles. The minimum Gasteiger partial charge on any atom is -0.354 e. The van der Waals surface area contributed by atoms with Gasteiger partial charge in [-0.1, -0.05) is 18.6 Å². The van der Waals surface area contributed by atoms with E-state index in [2.05, 4.69) is 48.6 Å². The lowest BCUT2D eigenvalue weighted by molar-refractivity contribution is -0.121. The fraction of sp³-hybridized carbons (Fsp3) is 0.769. The number of nitrogens with zero attached hydrogens (tertiary/aromatic N) is 3. The van der Waals surface area contributed by atoms with Gasteiger partial charge in [0.2, 0.25) is 5.91 Å². The Balaban J connectivity index is 2.36. The van der Waals surface area contributed by atoms with Gasteiger partial charge < -0.3 is 10.6 Å². The van der Waals surface area contributed by atoms with Gasteiger partial charge in [-0.2, -0.15) is 0 Å². The number of hydrogen-bond donors (Lipinski definition) is 2. The summed E-state index contributed by atoms with van der Waals surface area (Å²) in [5.74, 6) is -0.0197. The van der Waals surface area contributed by atoms with Crippen LogP contribution in [0.2, 0.25) is 0 Å². The summed E-state index contributed by atoms with van der Waals surface area (Å²) in [7, 11) is 0. The van der Waals surface area contributed by atoms with Crippen molar-refractivity contribution in [2.75, 3.05) is 6.54 Å². The van der Waals surface area contributed by atoms with E-state index in [1.54, 1.807) is 10.9 Å². The first kappa shape index (κ1) is 15.6. The number of nitrogens with one attached hydrogen (secondary N) is 2. The summed E-state index contributed by atoms with van der Waals surface area (Å²) in [6.45, 7) is 9.99. The number of rotatable bonds is 7. The van der Waals surface area contributed by atoms with Crippen LogP contribution in [-0.2, 0) is 17.9 Å². The summed E-state index contributed by atoms with van der Waals surface area (Å²) in [4.78, 5) is 11.6. The van der Waals surface area contributed by atoms with Crippen LogP contribution in [0.4, 0.5) is 0 Å². The molecule has 1 aromatic rings. The second-order valence-corrected chi connectivity index (χ2v) is 5.71. The molecule has 19 heavy (non-hydrogen) atoms. The summed E-state index contributed by atoms with van der Waals surface area (Å²) in [6.07, 6.45) is 3.88. The standard InChI is InChI=1S/C13H25N5O/c1-5-6-7-14-12(19)10-18-9-11(16-17-18)8-15-13(2,3)4/h9,15H,5-8,10H2,1-4H3,(H,14,19). The van der Waals surface area contributed by atoms with E-state index in [1.165, 1.54) is 0 Å². The highest BCUT2D eigenvalue weighted by Gasteiger charge is 2.10. The molecule has 0 saturated heterocycles. The number of aromatic nitrogens is 3. The van der Waals surface area contributed by atoms with E-state index < -0.39 is 0 Å². The highest BCUT2D eigenvalue weighted by Crippen LogP contribution is 2.01. The monoisotopic (exact) mass is 267 g/mol. The maximum Gasteiger partial charge on any atom is 0.241 e. The van der Waals surface area contributed by atoms with Gasteiger partial charge >= 0.3 is 0 Å². The second kappa shape index (κ2) is 7.23. The lowest BCUT2D eigenvalue weighted by Gasteiger charge is -2.19. The van der Waals surface area contributed by atoms with E-state index in [9.17, 15) is 4.79 Å². The van der Waals surface area contributed by atoms with Gasteiger partial charge in [-0.3, -0.25) is 4.79 Å². The van der Waals surface area contributed by atoms with Gasteiger partial charge in [0.1, 0.15) is 6.54 Å². The van der Waals surface area contributed by atoms with Crippen LogP contribution in [0, 0.1) is 0 Å². The minimum atomic E-state index is -0.0197. The maximum absolute atomic E-state index is 11.6. The molecule has 6 nitrogen and oxygen atoms in total. The Morgan fingerprint density at radius 2 is 2.16 bits per heavy atom. The molecule has 0 aliphatic heterocycles. The van der Waals surface area contributed by atoms with Crippen LogP contribution >= 0.6 is 0 Å². The highest BCUT2D eigenvalue weighted by molar-refractivity contribution is 5.75. The zero-order chi connectivity index (χ0) is 14.3. The predicted octanol–water partition coefficient (Wildman–Crippen LogP) is 1.08. The molecule has 0 bridgehead atoms. The molecule has 0 atom stereocenters. The van der Waals surface area contributed by atoms with Crippen LogP contribution in [-0.4, -0.2) is 33.0 Å². The SMILES string of the molecule is CCCCNC(=O)Cn1cc(CNC(C)(C)C)nn1. The van der Waals surface area contributed by atoms with Crippen molar-refractivity contribution in [3.63, 3.8) is 0 Å². The van der Waals surface area contributed by atoms with E-state index >= 15 is 0 Å². The second-order valence-electron chi connectivity index (χ2n) is 5.71. The summed E-state index contributed by atoms with van der Waals surface area (Å²) < 4.78 is 1.57. The third kappa shape index (κ3) is 6.91. The molecule has 1 heterocycles. The molecule has 6 heteroatoms. The highest BCUT2D eigenvalue weighted by atomic mass is 16.2. The quantitative estimate of drug-likeness (QED) is 0.725. The van der Waals surface area contributed by atoms with Crippen molar-refractivity contribution < 1.29 is 4.79 Å². The molecule has 0 fully saturated rings. The maximum atomic E-state index is 11.6. The van der Waals surface area contributed by atoms with E-state index in [1.807, 2.05) is 0 Å². The summed E-state index contributed by atoms with van der Waals surface area (Å²) >= 11 is 0. The summed E-state index contributed by atoms with van der Waals surface area (Å²) in [6, 6.07) is 0. The predicted molar refractivity (Wildman–Crippen MR) is 74.5 cm³/mol. The largest absolute Gasteiger partial charge is 0.354 e. The topological polar surface area (TPSA) is 71.8 Å². The molecule has 2 N–H and O–H groups in total. The Labute approximate surface area is 115 Å². The lowest BCUT2D eigenvalue weighted by atomic mass is 10.1. The minimum absolute atomic E-state index is 0.0197. The third-order valence-electron chi connectivity index (χ3n) is 2.54. The number of unbranched alkanes of at least 4 members (excludes halogenated alkanes) is 1. The van der Waals surface area contributed by atoms with E-state index in [0.717, 1.165) is 25.1 Å². The molecule has 0 aliphatic rings. The van der Waals surface area contributed by atoms with Gasteiger partial charge in [0.15, 0.2) is 0 Å². The Morgan fingerprint density at radius 3 is 2.79 bits per heavy atom. The Hall–Kier alpha value is -1.43. The van der Waals surface area contributed by atoms with Crippen LogP contribution in [0.25, 0.3) is 0 Å². The Bertz CT molecular complexity index is 394. The van der Waals surface area contributed by atoms with Gasteiger partial charge in [-0.15, -0.1) is 5.10 Å². The molecule has 0 unspecified atom stereocenters. The molecule has 0 radical (unpaired) electrons. The van der Waals surface area contributed by atoms with Crippen LogP contribution in [0.3, 0.4) is 0 Å². The van der Waals surface area contributed by atoms with Crippen molar-refractivity contribution >= 4 is 5.91 Å². The fourth-order valence-corrected chi connectivity index (χ4v) is 1.46. The van der Waals surface area contributed by atoms with Crippen LogP contribution in [0.5, 0.6) is 0 Å². The van der Waals surface area contributed by atoms with Crippen molar-refractivity contribution in [1.29, 1.82) is 0 Å². The number of hydrogen-bond acceptors (Lipinski definition) is 4. The first-order valence-corrected chi connectivity index (χ1v) is 6.81. The van der Waals surface area contributed by atoms with Crippen LogP contribution in [0.1, 0.15) is 46.2 Å². The van der Waals surface area contributed by atoms with E-state index in [4.69, 9.17) is 0 Å². The number of carbonyl (C=O) groups excluding carboxylic acids is 1. The van der Waals surface area contributed by atoms with Gasteiger partial charge in [-0.05, 0) is 27.2 Å². The van der Waals surface area contributed by atoms with Crippen molar-refractivity contribution in [1.82, 2.24) is 25.6 Å².